The molecule has 2 aromatic heterocycles. The molecule has 0 unspecified atom stereocenters. The standard InChI is InChI=1S/C20H24N6OS/c1-25(2)16-6-4-15(5-7-16)19-22-12-17(27-19)13-28-20-24-23-18(26(20)3)14-8-10-21-11-9-14/h4-11,17,19,22H,12-13H2,1-3H3/t17-,19-/m1/s1. The quantitative estimate of drug-likeness (QED) is 0.643. The van der Waals surface area contributed by atoms with Crippen molar-refractivity contribution < 1.29 is 4.74 Å². The molecule has 1 N–H and O–H groups in total. The first-order valence-electron chi connectivity index (χ1n) is 9.20. The maximum Gasteiger partial charge on any atom is 0.191 e. The van der Waals surface area contributed by atoms with Gasteiger partial charge in [0.1, 0.15) is 6.23 Å². The van der Waals surface area contributed by atoms with Crippen LogP contribution in [0.3, 0.4) is 0 Å². The lowest BCUT2D eigenvalue weighted by molar-refractivity contribution is 0.0534. The number of hydrogen-bond acceptors (Lipinski definition) is 7. The number of nitrogens with zero attached hydrogens (tertiary/aromatic N) is 5. The number of anilines is 1. The minimum Gasteiger partial charge on any atom is -0.378 e. The third-order valence-corrected chi connectivity index (χ3v) is 5.90. The Balaban J connectivity index is 1.35. The van der Waals surface area contributed by atoms with E-state index in [9.17, 15) is 0 Å². The molecule has 0 amide bonds. The van der Waals surface area contributed by atoms with Gasteiger partial charge in [0.25, 0.3) is 0 Å². The minimum atomic E-state index is -0.0614. The Hall–Kier alpha value is -2.42. The third-order valence-electron chi connectivity index (χ3n) is 4.74. The number of benzene rings is 1. The van der Waals surface area contributed by atoms with Gasteiger partial charge in [-0.3, -0.25) is 10.3 Å². The van der Waals surface area contributed by atoms with Crippen molar-refractivity contribution in [2.75, 3.05) is 31.3 Å². The van der Waals surface area contributed by atoms with E-state index in [1.165, 1.54) is 5.69 Å². The van der Waals surface area contributed by atoms with Crippen LogP contribution in [0.25, 0.3) is 11.4 Å². The van der Waals surface area contributed by atoms with Crippen molar-refractivity contribution >= 4 is 17.4 Å². The average molecular weight is 397 g/mol. The fraction of sp³-hybridized carbons (Fsp3) is 0.350. The van der Waals surface area contributed by atoms with Crippen LogP contribution in [0.2, 0.25) is 0 Å². The highest BCUT2D eigenvalue weighted by Gasteiger charge is 2.26. The van der Waals surface area contributed by atoms with Gasteiger partial charge in [0.05, 0.1) is 6.10 Å². The molecule has 4 rings (SSSR count). The van der Waals surface area contributed by atoms with Crippen molar-refractivity contribution in [2.45, 2.75) is 17.5 Å². The van der Waals surface area contributed by atoms with Crippen molar-refractivity contribution in [2.24, 2.45) is 7.05 Å². The molecular formula is C20H24N6OS. The van der Waals surface area contributed by atoms with Gasteiger partial charge in [0.2, 0.25) is 0 Å². The van der Waals surface area contributed by atoms with Gasteiger partial charge in [-0.15, -0.1) is 10.2 Å². The summed E-state index contributed by atoms with van der Waals surface area (Å²) in [4.78, 5) is 6.14. The molecule has 8 heteroatoms. The first kappa shape index (κ1) is 18.9. The highest BCUT2D eigenvalue weighted by atomic mass is 32.2. The molecule has 0 aliphatic carbocycles. The lowest BCUT2D eigenvalue weighted by Gasteiger charge is -2.16. The van der Waals surface area contributed by atoms with Gasteiger partial charge in [-0.05, 0) is 29.8 Å². The van der Waals surface area contributed by atoms with Crippen LogP contribution in [0, 0.1) is 0 Å². The van der Waals surface area contributed by atoms with Gasteiger partial charge >= 0.3 is 0 Å². The van der Waals surface area contributed by atoms with Crippen molar-refractivity contribution in [1.29, 1.82) is 0 Å². The molecule has 0 bridgehead atoms. The predicted molar refractivity (Wildman–Crippen MR) is 111 cm³/mol. The van der Waals surface area contributed by atoms with Crippen molar-refractivity contribution in [1.82, 2.24) is 25.1 Å². The van der Waals surface area contributed by atoms with Crippen molar-refractivity contribution in [3.8, 4) is 11.4 Å². The molecule has 7 nitrogen and oxygen atoms in total. The van der Waals surface area contributed by atoms with Crippen LogP contribution < -0.4 is 10.2 Å². The Morgan fingerprint density at radius 2 is 1.89 bits per heavy atom. The summed E-state index contributed by atoms with van der Waals surface area (Å²) in [5.41, 5.74) is 3.34. The predicted octanol–water partition coefficient (Wildman–Crippen LogP) is 2.72. The smallest absolute Gasteiger partial charge is 0.191 e. The van der Waals surface area contributed by atoms with Gasteiger partial charge < -0.3 is 14.2 Å². The van der Waals surface area contributed by atoms with Crippen molar-refractivity contribution in [3.63, 3.8) is 0 Å². The van der Waals surface area contributed by atoms with E-state index in [-0.39, 0.29) is 12.3 Å². The third kappa shape index (κ3) is 4.04. The largest absolute Gasteiger partial charge is 0.378 e. The van der Waals surface area contributed by atoms with E-state index in [2.05, 4.69) is 49.7 Å². The molecular weight excluding hydrogens is 372 g/mol. The Labute approximate surface area is 169 Å². The van der Waals surface area contributed by atoms with Crippen LogP contribution >= 0.6 is 11.8 Å². The molecule has 2 atom stereocenters. The number of pyridine rings is 1. The highest BCUT2D eigenvalue weighted by molar-refractivity contribution is 7.99. The number of thioether (sulfide) groups is 1. The van der Waals surface area contributed by atoms with E-state index in [0.717, 1.165) is 34.4 Å². The second kappa shape index (κ2) is 8.30. The lowest BCUT2D eigenvalue weighted by atomic mass is 10.2. The zero-order chi connectivity index (χ0) is 19.5. The van der Waals surface area contributed by atoms with Gasteiger partial charge in [0, 0.05) is 57.1 Å². The zero-order valence-corrected chi connectivity index (χ0v) is 17.1. The van der Waals surface area contributed by atoms with Crippen LogP contribution in [-0.2, 0) is 11.8 Å². The molecule has 146 valence electrons. The monoisotopic (exact) mass is 396 g/mol. The summed E-state index contributed by atoms with van der Waals surface area (Å²) in [6.45, 7) is 0.822. The molecule has 1 fully saturated rings. The van der Waals surface area contributed by atoms with E-state index >= 15 is 0 Å². The fourth-order valence-electron chi connectivity index (χ4n) is 3.13. The lowest BCUT2D eigenvalue weighted by Crippen LogP contribution is -2.17. The van der Waals surface area contributed by atoms with Crippen LogP contribution in [0.1, 0.15) is 11.8 Å². The Kier molecular flexibility index (Phi) is 5.61. The topological polar surface area (TPSA) is 68.1 Å². The van der Waals surface area contributed by atoms with E-state index in [4.69, 9.17) is 4.74 Å². The van der Waals surface area contributed by atoms with Crippen molar-refractivity contribution in [3.05, 3.63) is 54.4 Å². The first-order valence-corrected chi connectivity index (χ1v) is 10.2. The molecule has 0 spiro atoms. The molecule has 1 aliphatic heterocycles. The Morgan fingerprint density at radius 3 is 2.61 bits per heavy atom. The molecule has 28 heavy (non-hydrogen) atoms. The molecule has 1 aromatic carbocycles. The zero-order valence-electron chi connectivity index (χ0n) is 16.2. The number of hydrogen-bond donors (Lipinski definition) is 1. The molecule has 1 saturated heterocycles. The van der Waals surface area contributed by atoms with Crippen LogP contribution in [0.5, 0.6) is 0 Å². The fourth-order valence-corrected chi connectivity index (χ4v) is 4.04. The molecule has 0 saturated carbocycles. The Morgan fingerprint density at radius 1 is 1.14 bits per heavy atom. The van der Waals surface area contributed by atoms with E-state index in [1.807, 2.05) is 37.8 Å². The number of aromatic nitrogens is 4. The molecule has 3 aromatic rings. The summed E-state index contributed by atoms with van der Waals surface area (Å²) in [5, 5.41) is 13.0. The number of rotatable bonds is 6. The van der Waals surface area contributed by atoms with Gasteiger partial charge in [-0.1, -0.05) is 23.9 Å². The van der Waals surface area contributed by atoms with Gasteiger partial charge in [-0.2, -0.15) is 0 Å². The van der Waals surface area contributed by atoms with E-state index in [1.54, 1.807) is 24.2 Å². The summed E-state index contributed by atoms with van der Waals surface area (Å²) in [6.07, 6.45) is 3.60. The number of ether oxygens (including phenoxy) is 1. The van der Waals surface area contributed by atoms with Gasteiger partial charge in [0.15, 0.2) is 11.0 Å². The average Bonchev–Trinajstić information content (AvgIpc) is 3.34. The van der Waals surface area contributed by atoms with E-state index < -0.39 is 0 Å². The van der Waals surface area contributed by atoms with E-state index in [0.29, 0.717) is 0 Å². The SMILES string of the molecule is CN(C)c1ccc([C@@H]2NC[C@H](CSc3nnc(-c4ccncc4)n3C)O2)cc1. The Bertz CT molecular complexity index is 912. The second-order valence-corrected chi connectivity index (χ2v) is 7.93. The molecule has 1 aliphatic rings. The van der Waals surface area contributed by atoms with Crippen LogP contribution in [0.15, 0.2) is 53.9 Å². The highest BCUT2D eigenvalue weighted by Crippen LogP contribution is 2.28. The van der Waals surface area contributed by atoms with Crippen LogP contribution in [-0.4, -0.2) is 52.2 Å². The summed E-state index contributed by atoms with van der Waals surface area (Å²) in [7, 11) is 6.07. The minimum absolute atomic E-state index is 0.0614. The summed E-state index contributed by atoms with van der Waals surface area (Å²) >= 11 is 1.67. The molecule has 3 heterocycles. The summed E-state index contributed by atoms with van der Waals surface area (Å²) in [6, 6.07) is 12.3. The number of nitrogens with one attached hydrogen (secondary N) is 1. The second-order valence-electron chi connectivity index (χ2n) is 6.94. The van der Waals surface area contributed by atoms with Crippen LogP contribution in [0.4, 0.5) is 5.69 Å². The maximum atomic E-state index is 6.19. The molecule has 0 radical (unpaired) electrons. The first-order chi connectivity index (χ1) is 13.6. The van der Waals surface area contributed by atoms with Gasteiger partial charge in [-0.25, -0.2) is 0 Å². The summed E-state index contributed by atoms with van der Waals surface area (Å²) < 4.78 is 8.20. The summed E-state index contributed by atoms with van der Waals surface area (Å²) in [5.74, 6) is 1.66. The maximum absolute atomic E-state index is 6.19. The normalized spacial score (nSPS) is 19.1.